The molecule has 1 fully saturated rings. The number of hydrogen-bond donors (Lipinski definition) is 2. The van der Waals surface area contributed by atoms with E-state index in [1.54, 1.807) is 11.9 Å². The molecule has 9 heteroatoms. The molecule has 110 valence electrons. The van der Waals surface area contributed by atoms with Crippen LogP contribution in [0.25, 0.3) is 0 Å². The zero-order valence-electron chi connectivity index (χ0n) is 10.6. The zero-order chi connectivity index (χ0) is 14.9. The standard InChI is InChI=1S/C11H13F3N4O2/c1-18(7-2-6(3-7)17-10(19)20)9-5-15-8(4-16-9)11(12,13)14/h4-7,17H,2-3H2,1H3,(H,19,20). The van der Waals surface area contributed by atoms with Crippen molar-refractivity contribution >= 4 is 11.9 Å². The minimum Gasteiger partial charge on any atom is -0.465 e. The van der Waals surface area contributed by atoms with Crippen LogP contribution >= 0.6 is 0 Å². The maximum absolute atomic E-state index is 12.3. The lowest BCUT2D eigenvalue weighted by molar-refractivity contribution is -0.141. The molecule has 0 radical (unpaired) electrons. The number of rotatable bonds is 3. The van der Waals surface area contributed by atoms with Crippen molar-refractivity contribution in [2.45, 2.75) is 31.1 Å². The molecule has 0 bridgehead atoms. The highest BCUT2D eigenvalue weighted by atomic mass is 19.4. The van der Waals surface area contributed by atoms with Gasteiger partial charge in [-0.15, -0.1) is 0 Å². The first-order valence-corrected chi connectivity index (χ1v) is 5.89. The number of amides is 1. The number of carbonyl (C=O) groups is 1. The van der Waals surface area contributed by atoms with Gasteiger partial charge in [-0.2, -0.15) is 13.2 Å². The van der Waals surface area contributed by atoms with Crippen molar-refractivity contribution in [3.8, 4) is 0 Å². The fourth-order valence-corrected chi connectivity index (χ4v) is 2.03. The molecular formula is C11H13F3N4O2. The fourth-order valence-electron chi connectivity index (χ4n) is 2.03. The van der Waals surface area contributed by atoms with Gasteiger partial charge in [0.05, 0.1) is 12.4 Å². The summed E-state index contributed by atoms with van der Waals surface area (Å²) in [4.78, 5) is 19.2. The topological polar surface area (TPSA) is 78.4 Å². The molecular weight excluding hydrogens is 277 g/mol. The van der Waals surface area contributed by atoms with Crippen LogP contribution in [0.4, 0.5) is 23.8 Å². The van der Waals surface area contributed by atoms with E-state index in [2.05, 4.69) is 15.3 Å². The Kier molecular flexibility index (Phi) is 3.69. The summed E-state index contributed by atoms with van der Waals surface area (Å²) in [5, 5.41) is 10.9. The van der Waals surface area contributed by atoms with E-state index in [4.69, 9.17) is 5.11 Å². The van der Waals surface area contributed by atoms with Crippen molar-refractivity contribution in [1.29, 1.82) is 0 Å². The summed E-state index contributed by atoms with van der Waals surface area (Å²) in [6.07, 6.45) is -2.64. The number of anilines is 1. The average Bonchev–Trinajstić information content (AvgIpc) is 2.31. The third kappa shape index (κ3) is 3.09. The van der Waals surface area contributed by atoms with E-state index in [9.17, 15) is 18.0 Å². The van der Waals surface area contributed by atoms with Crippen LogP contribution in [0, 0.1) is 0 Å². The Morgan fingerprint density at radius 2 is 2.05 bits per heavy atom. The van der Waals surface area contributed by atoms with E-state index in [1.807, 2.05) is 0 Å². The first-order valence-electron chi connectivity index (χ1n) is 5.89. The van der Waals surface area contributed by atoms with Crippen molar-refractivity contribution in [2.75, 3.05) is 11.9 Å². The molecule has 0 unspecified atom stereocenters. The van der Waals surface area contributed by atoms with Crippen LogP contribution in [0.2, 0.25) is 0 Å². The summed E-state index contributed by atoms with van der Waals surface area (Å²) in [5.74, 6) is 0.330. The Morgan fingerprint density at radius 1 is 1.40 bits per heavy atom. The summed E-state index contributed by atoms with van der Waals surface area (Å²) in [5.41, 5.74) is -1.03. The predicted molar refractivity (Wildman–Crippen MR) is 63.4 cm³/mol. The minimum atomic E-state index is -4.50. The molecule has 0 aliphatic heterocycles. The molecule has 0 saturated heterocycles. The molecule has 0 aromatic carbocycles. The summed E-state index contributed by atoms with van der Waals surface area (Å²) in [6.45, 7) is 0. The van der Waals surface area contributed by atoms with E-state index >= 15 is 0 Å². The number of nitrogens with zero attached hydrogens (tertiary/aromatic N) is 3. The summed E-state index contributed by atoms with van der Waals surface area (Å²) < 4.78 is 37.0. The van der Waals surface area contributed by atoms with Gasteiger partial charge < -0.3 is 15.3 Å². The number of carboxylic acid groups (broad SMARTS) is 1. The number of alkyl halides is 3. The summed E-state index contributed by atoms with van der Waals surface area (Å²) in [7, 11) is 1.69. The van der Waals surface area contributed by atoms with Crippen LogP contribution < -0.4 is 10.2 Å². The van der Waals surface area contributed by atoms with Crippen molar-refractivity contribution < 1.29 is 23.1 Å². The Bertz CT molecular complexity index is 485. The lowest BCUT2D eigenvalue weighted by atomic mass is 9.86. The van der Waals surface area contributed by atoms with Crippen molar-refractivity contribution in [2.24, 2.45) is 0 Å². The third-order valence-corrected chi connectivity index (χ3v) is 3.28. The molecule has 1 aliphatic rings. The third-order valence-electron chi connectivity index (χ3n) is 3.28. The van der Waals surface area contributed by atoms with E-state index in [-0.39, 0.29) is 12.1 Å². The van der Waals surface area contributed by atoms with Crippen LogP contribution in [-0.2, 0) is 6.18 Å². The van der Waals surface area contributed by atoms with Gasteiger partial charge in [-0.1, -0.05) is 0 Å². The van der Waals surface area contributed by atoms with Gasteiger partial charge in [-0.3, -0.25) is 0 Å². The maximum Gasteiger partial charge on any atom is 0.434 e. The smallest absolute Gasteiger partial charge is 0.434 e. The van der Waals surface area contributed by atoms with Gasteiger partial charge in [0.2, 0.25) is 0 Å². The SMILES string of the molecule is CN(c1cnc(C(F)(F)F)cn1)C1CC(NC(=O)O)C1. The molecule has 1 aliphatic carbocycles. The highest BCUT2D eigenvalue weighted by Gasteiger charge is 2.35. The molecule has 1 aromatic rings. The lowest BCUT2D eigenvalue weighted by Gasteiger charge is -2.41. The molecule has 2 N–H and O–H groups in total. The molecule has 1 aromatic heterocycles. The quantitative estimate of drug-likeness (QED) is 0.886. The van der Waals surface area contributed by atoms with E-state index in [0.29, 0.717) is 24.9 Å². The van der Waals surface area contributed by atoms with Crippen LogP contribution in [0.3, 0.4) is 0 Å². The number of halogens is 3. The Balaban J connectivity index is 1.94. The number of aromatic nitrogens is 2. The molecule has 1 saturated carbocycles. The Labute approximate surface area is 112 Å². The van der Waals surface area contributed by atoms with Gasteiger partial charge in [0.1, 0.15) is 5.82 Å². The van der Waals surface area contributed by atoms with Gasteiger partial charge in [0, 0.05) is 19.1 Å². The van der Waals surface area contributed by atoms with Gasteiger partial charge in [-0.05, 0) is 12.8 Å². The van der Waals surface area contributed by atoms with E-state index < -0.39 is 18.0 Å². The second kappa shape index (κ2) is 5.14. The van der Waals surface area contributed by atoms with Gasteiger partial charge in [-0.25, -0.2) is 14.8 Å². The van der Waals surface area contributed by atoms with Crippen LogP contribution in [0.1, 0.15) is 18.5 Å². The maximum atomic E-state index is 12.3. The average molecular weight is 290 g/mol. The molecule has 1 amide bonds. The molecule has 0 atom stereocenters. The highest BCUT2D eigenvalue weighted by molar-refractivity contribution is 5.65. The summed E-state index contributed by atoms with van der Waals surface area (Å²) in [6, 6.07) is -0.0831. The van der Waals surface area contributed by atoms with Crippen molar-refractivity contribution in [3.63, 3.8) is 0 Å². The Hall–Kier alpha value is -2.06. The van der Waals surface area contributed by atoms with Crippen molar-refractivity contribution in [1.82, 2.24) is 15.3 Å². The first-order chi connectivity index (χ1) is 9.27. The number of nitrogens with one attached hydrogen (secondary N) is 1. The first kappa shape index (κ1) is 14.4. The molecule has 0 spiro atoms. The molecule has 6 nitrogen and oxygen atoms in total. The lowest BCUT2D eigenvalue weighted by Crippen LogP contribution is -2.53. The second-order valence-corrected chi connectivity index (χ2v) is 4.64. The van der Waals surface area contributed by atoms with Crippen LogP contribution in [0.15, 0.2) is 12.4 Å². The van der Waals surface area contributed by atoms with Crippen LogP contribution in [0.5, 0.6) is 0 Å². The minimum absolute atomic E-state index is 0.0397. The fraction of sp³-hybridized carbons (Fsp3) is 0.545. The zero-order valence-corrected chi connectivity index (χ0v) is 10.6. The normalized spacial score (nSPS) is 22.0. The largest absolute Gasteiger partial charge is 0.465 e. The van der Waals surface area contributed by atoms with E-state index in [0.717, 1.165) is 6.20 Å². The van der Waals surface area contributed by atoms with Crippen LogP contribution in [-0.4, -0.2) is 40.3 Å². The monoisotopic (exact) mass is 290 g/mol. The van der Waals surface area contributed by atoms with Crippen molar-refractivity contribution in [3.05, 3.63) is 18.1 Å². The molecule has 2 rings (SSSR count). The predicted octanol–water partition coefficient (Wildman–Crippen LogP) is 1.73. The summed E-state index contributed by atoms with van der Waals surface area (Å²) >= 11 is 0. The second-order valence-electron chi connectivity index (χ2n) is 4.64. The molecule has 1 heterocycles. The van der Waals surface area contributed by atoms with Gasteiger partial charge in [0.25, 0.3) is 0 Å². The highest BCUT2D eigenvalue weighted by Crippen LogP contribution is 2.30. The molecule has 20 heavy (non-hydrogen) atoms. The van der Waals surface area contributed by atoms with Gasteiger partial charge in [0.15, 0.2) is 5.69 Å². The number of hydrogen-bond acceptors (Lipinski definition) is 4. The van der Waals surface area contributed by atoms with Gasteiger partial charge >= 0.3 is 12.3 Å². The van der Waals surface area contributed by atoms with E-state index in [1.165, 1.54) is 0 Å². The Morgan fingerprint density at radius 3 is 2.50 bits per heavy atom.